The van der Waals surface area contributed by atoms with Crippen LogP contribution in [0.2, 0.25) is 0 Å². The summed E-state index contributed by atoms with van der Waals surface area (Å²) < 4.78 is 24.1. The highest BCUT2D eigenvalue weighted by atomic mass is 32.2. The molecule has 1 unspecified atom stereocenters. The van der Waals surface area contributed by atoms with Crippen molar-refractivity contribution in [2.24, 2.45) is 0 Å². The molecule has 1 atom stereocenters. The number of hydrogen-bond donors (Lipinski definition) is 2. The molecule has 2 aliphatic heterocycles. The highest BCUT2D eigenvalue weighted by Crippen LogP contribution is 2.33. The fourth-order valence-electron chi connectivity index (χ4n) is 3.90. The van der Waals surface area contributed by atoms with Gasteiger partial charge in [-0.3, -0.25) is 15.0 Å². The summed E-state index contributed by atoms with van der Waals surface area (Å²) >= 11 is 1.74. The summed E-state index contributed by atoms with van der Waals surface area (Å²) in [7, 11) is -3.07. The van der Waals surface area contributed by atoms with E-state index in [0.717, 1.165) is 36.5 Å². The summed E-state index contributed by atoms with van der Waals surface area (Å²) in [6.07, 6.45) is 2.25. The molecule has 2 fully saturated rings. The van der Waals surface area contributed by atoms with E-state index in [0.29, 0.717) is 12.3 Å². The number of likely N-dealkylation sites (tertiary alicyclic amines) is 1. The van der Waals surface area contributed by atoms with Crippen LogP contribution >= 0.6 is 11.3 Å². The zero-order valence-electron chi connectivity index (χ0n) is 16.0. The molecule has 10 heteroatoms. The number of carbonyl (C=O) groups is 2. The number of nitrogens with zero attached hydrogens (tertiary/aromatic N) is 2. The van der Waals surface area contributed by atoms with Crippen LogP contribution in [0.1, 0.15) is 30.2 Å². The normalized spacial score (nSPS) is 22.6. The molecule has 3 amide bonds. The van der Waals surface area contributed by atoms with Crippen molar-refractivity contribution in [1.82, 2.24) is 20.5 Å². The van der Waals surface area contributed by atoms with Crippen LogP contribution in [0.3, 0.4) is 0 Å². The van der Waals surface area contributed by atoms with E-state index in [1.54, 1.807) is 11.3 Å². The van der Waals surface area contributed by atoms with E-state index in [9.17, 15) is 18.0 Å². The van der Waals surface area contributed by atoms with Gasteiger partial charge in [-0.05, 0) is 44.5 Å². The fraction of sp³-hybridized carbons (Fsp3) is 0.526. The maximum atomic E-state index is 12.1. The smallest absolute Gasteiger partial charge is 0.321 e. The van der Waals surface area contributed by atoms with Gasteiger partial charge in [0.25, 0.3) is 0 Å². The Bertz CT molecular complexity index is 979. The molecule has 156 valence electrons. The van der Waals surface area contributed by atoms with E-state index in [2.05, 4.69) is 16.7 Å². The summed E-state index contributed by atoms with van der Waals surface area (Å²) in [6, 6.07) is 7.09. The molecule has 29 heavy (non-hydrogen) atoms. The molecule has 0 spiro atoms. The van der Waals surface area contributed by atoms with Crippen molar-refractivity contribution in [2.45, 2.75) is 31.2 Å². The molecule has 2 aliphatic rings. The average Bonchev–Trinajstić information content (AvgIpc) is 3.24. The summed E-state index contributed by atoms with van der Waals surface area (Å²) in [5, 5.41) is 6.03. The van der Waals surface area contributed by atoms with Gasteiger partial charge in [0, 0.05) is 12.0 Å². The summed E-state index contributed by atoms with van der Waals surface area (Å²) in [6.45, 7) is 1.70. The van der Waals surface area contributed by atoms with Crippen molar-refractivity contribution < 1.29 is 18.0 Å². The van der Waals surface area contributed by atoms with Gasteiger partial charge in [-0.1, -0.05) is 12.1 Å². The molecule has 2 saturated heterocycles. The van der Waals surface area contributed by atoms with Crippen LogP contribution in [0.25, 0.3) is 10.2 Å². The molecule has 8 nitrogen and oxygen atoms in total. The molecule has 2 aromatic rings. The Labute approximate surface area is 173 Å². The highest BCUT2D eigenvalue weighted by molar-refractivity contribution is 7.91. The van der Waals surface area contributed by atoms with E-state index in [-0.39, 0.29) is 24.0 Å². The van der Waals surface area contributed by atoms with Crippen molar-refractivity contribution in [3.05, 3.63) is 29.3 Å². The first kappa shape index (κ1) is 20.2. The predicted octanol–water partition coefficient (Wildman–Crippen LogP) is 1.49. The van der Waals surface area contributed by atoms with Gasteiger partial charge in [-0.2, -0.15) is 0 Å². The second kappa shape index (κ2) is 8.37. The van der Waals surface area contributed by atoms with Crippen molar-refractivity contribution in [3.63, 3.8) is 0 Å². The molecule has 1 aromatic carbocycles. The second-order valence-corrected chi connectivity index (χ2v) is 11.0. The Hall–Kier alpha value is -2.04. The fourth-order valence-corrected chi connectivity index (χ4v) is 6.71. The summed E-state index contributed by atoms with van der Waals surface area (Å²) in [5.74, 6) is 0.0461. The van der Waals surface area contributed by atoms with Gasteiger partial charge in [0.2, 0.25) is 5.91 Å². The Morgan fingerprint density at radius 2 is 1.93 bits per heavy atom. The van der Waals surface area contributed by atoms with Gasteiger partial charge in [0.1, 0.15) is 0 Å². The summed E-state index contributed by atoms with van der Waals surface area (Å²) in [5.41, 5.74) is 1.04. The summed E-state index contributed by atoms with van der Waals surface area (Å²) in [4.78, 5) is 30.9. The molecule has 4 rings (SSSR count). The van der Waals surface area contributed by atoms with Crippen molar-refractivity contribution in [3.8, 4) is 0 Å². The first-order valence-corrected chi connectivity index (χ1v) is 12.4. The Morgan fingerprint density at radius 1 is 1.17 bits per heavy atom. The lowest BCUT2D eigenvalue weighted by Gasteiger charge is -2.30. The van der Waals surface area contributed by atoms with Gasteiger partial charge in [0.15, 0.2) is 9.84 Å². The van der Waals surface area contributed by atoms with Crippen LogP contribution < -0.4 is 10.6 Å². The molecule has 0 aliphatic carbocycles. The number of hydrogen-bond acceptors (Lipinski definition) is 7. The molecular formula is C19H24N4O4S2. The van der Waals surface area contributed by atoms with Gasteiger partial charge < -0.3 is 5.32 Å². The number of sulfone groups is 1. The third-order valence-electron chi connectivity index (χ3n) is 5.44. The molecule has 0 bridgehead atoms. The van der Waals surface area contributed by atoms with Crippen LogP contribution in [0.5, 0.6) is 0 Å². The molecule has 0 radical (unpaired) electrons. The lowest BCUT2D eigenvalue weighted by molar-refractivity contribution is -0.121. The number of amides is 3. The average molecular weight is 437 g/mol. The van der Waals surface area contributed by atoms with Crippen LogP contribution in [0.15, 0.2) is 24.3 Å². The third-order valence-corrected chi connectivity index (χ3v) is 8.40. The second-order valence-electron chi connectivity index (χ2n) is 7.69. The number of carbonyl (C=O) groups excluding carboxylic acids is 2. The van der Waals surface area contributed by atoms with E-state index in [1.165, 1.54) is 4.70 Å². The Balaban J connectivity index is 1.22. The molecule has 1 aromatic heterocycles. The number of fused-ring (bicyclic) bond motifs is 1. The van der Waals surface area contributed by atoms with Gasteiger partial charge >= 0.3 is 6.03 Å². The van der Waals surface area contributed by atoms with E-state index < -0.39 is 21.9 Å². The first-order chi connectivity index (χ1) is 13.9. The van der Waals surface area contributed by atoms with E-state index >= 15 is 0 Å². The number of piperidine rings is 1. The van der Waals surface area contributed by atoms with Gasteiger partial charge in [0.05, 0.1) is 33.3 Å². The van der Waals surface area contributed by atoms with Crippen molar-refractivity contribution in [1.29, 1.82) is 0 Å². The van der Waals surface area contributed by atoms with Crippen molar-refractivity contribution >= 4 is 43.3 Å². The molecule has 0 saturated carbocycles. The minimum atomic E-state index is -3.07. The predicted molar refractivity (Wildman–Crippen MR) is 112 cm³/mol. The van der Waals surface area contributed by atoms with Crippen LogP contribution in [-0.4, -0.2) is 67.4 Å². The zero-order valence-corrected chi connectivity index (χ0v) is 17.6. The lowest BCUT2D eigenvalue weighted by atomic mass is 9.97. The Morgan fingerprint density at radius 3 is 2.62 bits per heavy atom. The minimum Gasteiger partial charge on any atom is -0.334 e. The highest BCUT2D eigenvalue weighted by Gasteiger charge is 2.29. The maximum Gasteiger partial charge on any atom is 0.321 e. The first-order valence-electron chi connectivity index (χ1n) is 9.76. The van der Waals surface area contributed by atoms with Crippen LogP contribution in [-0.2, 0) is 14.6 Å². The largest absolute Gasteiger partial charge is 0.334 e. The number of rotatable bonds is 4. The number of thiazole rings is 1. The quantitative estimate of drug-likeness (QED) is 0.752. The van der Waals surface area contributed by atoms with Crippen LogP contribution in [0, 0.1) is 0 Å². The third kappa shape index (κ3) is 5.12. The van der Waals surface area contributed by atoms with E-state index in [4.69, 9.17) is 4.98 Å². The number of para-hydroxylation sites is 1. The Kier molecular flexibility index (Phi) is 5.84. The van der Waals surface area contributed by atoms with Gasteiger partial charge in [-0.25, -0.2) is 18.2 Å². The topological polar surface area (TPSA) is 108 Å². The number of urea groups is 1. The number of benzene rings is 1. The minimum absolute atomic E-state index is 0.0616. The number of imide groups is 1. The zero-order chi connectivity index (χ0) is 20.4. The van der Waals surface area contributed by atoms with Crippen LogP contribution in [0.4, 0.5) is 4.79 Å². The van der Waals surface area contributed by atoms with Crippen molar-refractivity contribution in [2.75, 3.05) is 31.1 Å². The number of nitrogens with one attached hydrogen (secondary N) is 2. The standard InChI is InChI=1S/C19H24N4O4S2/c24-17(22-19(25)20-14-7-10-29(26,27)12-14)11-23-8-5-13(6-9-23)18-21-15-3-1-2-4-16(15)28-18/h1-4,13-14H,5-12H2,(H2,20,22,24,25). The lowest BCUT2D eigenvalue weighted by Crippen LogP contribution is -2.48. The van der Waals surface area contributed by atoms with Gasteiger partial charge in [-0.15, -0.1) is 11.3 Å². The van der Waals surface area contributed by atoms with E-state index in [1.807, 2.05) is 23.1 Å². The SMILES string of the molecule is O=C(CN1CCC(c2nc3ccccc3s2)CC1)NC(=O)NC1CCS(=O)(=O)C1. The monoisotopic (exact) mass is 436 g/mol. The maximum absolute atomic E-state index is 12.1. The molecule has 3 heterocycles. The molecule has 2 N–H and O–H groups in total. The number of aromatic nitrogens is 1. The molecular weight excluding hydrogens is 412 g/mol.